The highest BCUT2D eigenvalue weighted by Gasteiger charge is 2.09. The molecule has 1 heterocycles. The van der Waals surface area contributed by atoms with Crippen LogP contribution in [0.25, 0.3) is 22.4 Å². The molecule has 0 amide bonds. The highest BCUT2D eigenvalue weighted by Crippen LogP contribution is 2.31. The summed E-state index contributed by atoms with van der Waals surface area (Å²) < 4.78 is 5.46. The maximum Gasteiger partial charge on any atom is 0.126 e. The predicted octanol–water partition coefficient (Wildman–Crippen LogP) is 4.31. The summed E-state index contributed by atoms with van der Waals surface area (Å²) in [5, 5.41) is 11.6. The Kier molecular flexibility index (Phi) is 3.84. The number of methoxy groups -OCH3 is 1. The zero-order chi connectivity index (χ0) is 15.4. The fourth-order valence-electron chi connectivity index (χ4n) is 2.43. The second-order valence-electron chi connectivity index (χ2n) is 4.79. The number of fused-ring (bicyclic) bond motifs is 1. The van der Waals surface area contributed by atoms with Gasteiger partial charge in [0, 0.05) is 11.8 Å². The quantitative estimate of drug-likeness (QED) is 0.674. The van der Waals surface area contributed by atoms with Crippen LogP contribution in [0.4, 0.5) is 0 Å². The Bertz CT molecular complexity index is 877. The lowest BCUT2D eigenvalue weighted by molar-refractivity contribution is 0.414. The number of ether oxygens (including phenoxy) is 1. The van der Waals surface area contributed by atoms with Crippen molar-refractivity contribution in [3.63, 3.8) is 0 Å². The molecule has 0 unspecified atom stereocenters. The van der Waals surface area contributed by atoms with Gasteiger partial charge in [0.1, 0.15) is 11.8 Å². The summed E-state index contributed by atoms with van der Waals surface area (Å²) in [5.41, 5.74) is 2.05. The minimum atomic E-state index is 0.509. The van der Waals surface area contributed by atoms with Crippen molar-refractivity contribution in [3.8, 4) is 11.8 Å². The van der Waals surface area contributed by atoms with Crippen LogP contribution in [0.15, 0.2) is 60.8 Å². The van der Waals surface area contributed by atoms with E-state index < -0.39 is 0 Å². The van der Waals surface area contributed by atoms with E-state index in [2.05, 4.69) is 11.1 Å². The lowest BCUT2D eigenvalue weighted by atomic mass is 10.0. The molecule has 1 aromatic heterocycles. The van der Waals surface area contributed by atoms with Crippen LogP contribution >= 0.6 is 0 Å². The van der Waals surface area contributed by atoms with Crippen LogP contribution in [0.3, 0.4) is 0 Å². The monoisotopic (exact) mass is 286 g/mol. The molecule has 3 aromatic rings. The molecule has 3 nitrogen and oxygen atoms in total. The van der Waals surface area contributed by atoms with Gasteiger partial charge in [-0.2, -0.15) is 5.26 Å². The molecule has 0 saturated heterocycles. The summed E-state index contributed by atoms with van der Waals surface area (Å²) in [4.78, 5) is 4.25. The van der Waals surface area contributed by atoms with E-state index in [-0.39, 0.29) is 0 Å². The van der Waals surface area contributed by atoms with Gasteiger partial charge < -0.3 is 4.74 Å². The van der Waals surface area contributed by atoms with Gasteiger partial charge >= 0.3 is 0 Å². The smallest absolute Gasteiger partial charge is 0.126 e. The molecule has 0 aliphatic heterocycles. The first-order valence-corrected chi connectivity index (χ1v) is 6.92. The number of aromatic nitrogens is 1. The van der Waals surface area contributed by atoms with E-state index in [4.69, 9.17) is 4.74 Å². The second-order valence-corrected chi connectivity index (χ2v) is 4.79. The third-order valence-electron chi connectivity index (χ3n) is 3.50. The van der Waals surface area contributed by atoms with Crippen molar-refractivity contribution in [2.75, 3.05) is 7.11 Å². The van der Waals surface area contributed by atoms with E-state index in [9.17, 15) is 5.26 Å². The van der Waals surface area contributed by atoms with Crippen molar-refractivity contribution in [1.82, 2.24) is 4.98 Å². The van der Waals surface area contributed by atoms with Crippen molar-refractivity contribution in [2.45, 2.75) is 0 Å². The van der Waals surface area contributed by atoms with Crippen LogP contribution in [-0.2, 0) is 0 Å². The Labute approximate surface area is 129 Å². The topological polar surface area (TPSA) is 45.9 Å². The molecule has 0 radical (unpaired) electrons. The Morgan fingerprint density at radius 3 is 2.64 bits per heavy atom. The maximum atomic E-state index is 9.48. The summed E-state index contributed by atoms with van der Waals surface area (Å²) >= 11 is 0. The zero-order valence-electron chi connectivity index (χ0n) is 12.2. The number of nitrogens with zero attached hydrogens (tertiary/aromatic N) is 2. The first-order valence-electron chi connectivity index (χ1n) is 6.92. The lowest BCUT2D eigenvalue weighted by Gasteiger charge is -2.09. The summed E-state index contributed by atoms with van der Waals surface area (Å²) in [5.74, 6) is 0.738. The first kappa shape index (κ1) is 13.8. The molecule has 0 N–H and O–H groups in total. The second kappa shape index (κ2) is 6.11. The van der Waals surface area contributed by atoms with Crippen LogP contribution in [0.5, 0.6) is 5.75 Å². The van der Waals surface area contributed by atoms with E-state index in [1.54, 1.807) is 13.3 Å². The van der Waals surface area contributed by atoms with Crippen LogP contribution in [-0.4, -0.2) is 12.1 Å². The Hall–Kier alpha value is -3.12. The highest BCUT2D eigenvalue weighted by molar-refractivity contribution is 5.99. The van der Waals surface area contributed by atoms with Gasteiger partial charge in [-0.25, -0.2) is 0 Å². The standard InChI is InChI=1S/C19H14N2O/c1-22-19-10-9-14-6-2-3-7-16(14)17(19)12-15(13-20)18-8-4-5-11-21-18/h2-12H,1H3. The molecule has 3 heteroatoms. The van der Waals surface area contributed by atoms with Crippen LogP contribution in [0.2, 0.25) is 0 Å². The Morgan fingerprint density at radius 1 is 1.09 bits per heavy atom. The molecule has 0 aliphatic carbocycles. The van der Waals surface area contributed by atoms with Gasteiger partial charge in [0.2, 0.25) is 0 Å². The molecule has 0 fully saturated rings. The first-order chi connectivity index (χ1) is 10.8. The molecule has 3 rings (SSSR count). The highest BCUT2D eigenvalue weighted by atomic mass is 16.5. The van der Waals surface area contributed by atoms with Crippen molar-refractivity contribution in [2.24, 2.45) is 0 Å². The van der Waals surface area contributed by atoms with E-state index in [1.165, 1.54) is 0 Å². The molecule has 106 valence electrons. The van der Waals surface area contributed by atoms with E-state index in [0.717, 1.165) is 22.1 Å². The van der Waals surface area contributed by atoms with Crippen LogP contribution < -0.4 is 4.74 Å². The van der Waals surface area contributed by atoms with Crippen molar-refractivity contribution >= 4 is 22.4 Å². The molecular weight excluding hydrogens is 272 g/mol. The van der Waals surface area contributed by atoms with Gasteiger partial charge in [0.05, 0.1) is 18.4 Å². The van der Waals surface area contributed by atoms with Gasteiger partial charge in [-0.15, -0.1) is 0 Å². The summed E-state index contributed by atoms with van der Waals surface area (Å²) in [6.45, 7) is 0. The number of benzene rings is 2. The molecule has 22 heavy (non-hydrogen) atoms. The predicted molar refractivity (Wildman–Crippen MR) is 88.2 cm³/mol. The van der Waals surface area contributed by atoms with Gasteiger partial charge in [-0.1, -0.05) is 36.4 Å². The molecular formula is C19H14N2O. The maximum absolute atomic E-state index is 9.48. The number of hydrogen-bond donors (Lipinski definition) is 0. The number of pyridine rings is 1. The number of allylic oxidation sites excluding steroid dienone is 1. The van der Waals surface area contributed by atoms with Crippen molar-refractivity contribution in [3.05, 3.63) is 72.1 Å². The normalized spacial score (nSPS) is 11.2. The number of nitriles is 1. The van der Waals surface area contributed by atoms with Gasteiger partial charge in [0.15, 0.2) is 0 Å². The third-order valence-corrected chi connectivity index (χ3v) is 3.50. The SMILES string of the molecule is COc1ccc2ccccc2c1C=C(C#N)c1ccccn1. The number of rotatable bonds is 3. The third kappa shape index (κ3) is 2.55. The van der Waals surface area contributed by atoms with Gasteiger partial charge in [0.25, 0.3) is 0 Å². The largest absolute Gasteiger partial charge is 0.496 e. The summed E-state index contributed by atoms with van der Waals surface area (Å²) in [6, 6.07) is 19.7. The van der Waals surface area contributed by atoms with Gasteiger partial charge in [-0.3, -0.25) is 4.98 Å². The van der Waals surface area contributed by atoms with E-state index >= 15 is 0 Å². The van der Waals surface area contributed by atoms with Crippen molar-refractivity contribution < 1.29 is 4.74 Å². The fraction of sp³-hybridized carbons (Fsp3) is 0.0526. The fourth-order valence-corrected chi connectivity index (χ4v) is 2.43. The molecule has 0 atom stereocenters. The van der Waals surface area contributed by atoms with Crippen molar-refractivity contribution in [1.29, 1.82) is 5.26 Å². The van der Waals surface area contributed by atoms with E-state index in [1.807, 2.05) is 60.7 Å². The molecule has 0 bridgehead atoms. The molecule has 0 saturated carbocycles. The zero-order valence-corrected chi connectivity index (χ0v) is 12.2. The minimum Gasteiger partial charge on any atom is -0.496 e. The molecule has 0 spiro atoms. The van der Waals surface area contributed by atoms with E-state index in [0.29, 0.717) is 11.3 Å². The number of hydrogen-bond acceptors (Lipinski definition) is 3. The Morgan fingerprint density at radius 2 is 1.91 bits per heavy atom. The average Bonchev–Trinajstić information content (AvgIpc) is 2.60. The lowest BCUT2D eigenvalue weighted by Crippen LogP contribution is -1.91. The molecule has 0 aliphatic rings. The molecule has 2 aromatic carbocycles. The van der Waals surface area contributed by atoms with Crippen LogP contribution in [0, 0.1) is 11.3 Å². The summed E-state index contributed by atoms with van der Waals surface area (Å²) in [6.07, 6.45) is 3.52. The summed E-state index contributed by atoms with van der Waals surface area (Å²) in [7, 11) is 1.63. The van der Waals surface area contributed by atoms with Gasteiger partial charge in [-0.05, 0) is 35.0 Å². The minimum absolute atomic E-state index is 0.509. The average molecular weight is 286 g/mol. The van der Waals surface area contributed by atoms with Crippen LogP contribution in [0.1, 0.15) is 11.3 Å². The Balaban J connectivity index is 2.25.